The Bertz CT molecular complexity index is 557. The van der Waals surface area contributed by atoms with E-state index in [4.69, 9.17) is 9.88 Å². The SMILES string of the molecule is CCN(CC)CCOc1c(C)cc(Br)cc1S(N)(=O)=O. The Morgan fingerprint density at radius 1 is 1.30 bits per heavy atom. The number of hydrogen-bond donors (Lipinski definition) is 1. The van der Waals surface area contributed by atoms with Gasteiger partial charge < -0.3 is 9.64 Å². The molecule has 114 valence electrons. The number of primary sulfonamides is 1. The Hall–Kier alpha value is -0.630. The predicted molar refractivity (Wildman–Crippen MR) is 83.5 cm³/mol. The van der Waals surface area contributed by atoms with Crippen molar-refractivity contribution in [2.24, 2.45) is 5.14 Å². The highest BCUT2D eigenvalue weighted by molar-refractivity contribution is 9.10. The van der Waals surface area contributed by atoms with Crippen LogP contribution in [0.15, 0.2) is 21.5 Å². The van der Waals surface area contributed by atoms with Gasteiger partial charge in [-0.05, 0) is 37.7 Å². The molecule has 0 bridgehead atoms. The van der Waals surface area contributed by atoms with E-state index in [9.17, 15) is 8.42 Å². The second-order valence-electron chi connectivity index (χ2n) is 4.47. The van der Waals surface area contributed by atoms with Crippen LogP contribution in [0.2, 0.25) is 0 Å². The van der Waals surface area contributed by atoms with Gasteiger partial charge in [0, 0.05) is 11.0 Å². The highest BCUT2D eigenvalue weighted by Gasteiger charge is 2.18. The summed E-state index contributed by atoms with van der Waals surface area (Å²) >= 11 is 3.27. The first-order chi connectivity index (χ1) is 9.29. The van der Waals surface area contributed by atoms with Crippen molar-refractivity contribution in [2.45, 2.75) is 25.7 Å². The van der Waals surface area contributed by atoms with Crippen LogP contribution < -0.4 is 9.88 Å². The van der Waals surface area contributed by atoms with Gasteiger partial charge >= 0.3 is 0 Å². The monoisotopic (exact) mass is 364 g/mol. The quantitative estimate of drug-likeness (QED) is 0.804. The van der Waals surface area contributed by atoms with Crippen LogP contribution in [-0.2, 0) is 10.0 Å². The van der Waals surface area contributed by atoms with Crippen LogP contribution in [0.25, 0.3) is 0 Å². The van der Waals surface area contributed by atoms with Gasteiger partial charge in [0.05, 0.1) is 0 Å². The van der Waals surface area contributed by atoms with Crippen LogP contribution in [-0.4, -0.2) is 39.6 Å². The fraction of sp³-hybridized carbons (Fsp3) is 0.538. The molecular weight excluding hydrogens is 344 g/mol. The molecule has 0 fully saturated rings. The lowest BCUT2D eigenvalue weighted by molar-refractivity contribution is 0.219. The minimum absolute atomic E-state index is 0.0175. The Kier molecular flexibility index (Phi) is 6.44. The van der Waals surface area contributed by atoms with Gasteiger partial charge in [0.15, 0.2) is 0 Å². The molecule has 0 aliphatic carbocycles. The van der Waals surface area contributed by atoms with Crippen LogP contribution in [0.5, 0.6) is 5.75 Å². The lowest BCUT2D eigenvalue weighted by atomic mass is 10.2. The standard InChI is InChI=1S/C13H21BrN2O3S/c1-4-16(5-2)6-7-19-13-10(3)8-11(14)9-12(13)20(15,17)18/h8-9H,4-7H2,1-3H3,(H2,15,17,18). The molecule has 1 rings (SSSR count). The summed E-state index contributed by atoms with van der Waals surface area (Å²) in [6.07, 6.45) is 0. The Morgan fingerprint density at radius 2 is 1.90 bits per heavy atom. The first kappa shape index (κ1) is 17.4. The molecule has 5 nitrogen and oxygen atoms in total. The number of hydrogen-bond acceptors (Lipinski definition) is 4. The molecule has 0 heterocycles. The molecule has 0 saturated heterocycles. The van der Waals surface area contributed by atoms with Crippen LogP contribution in [0.1, 0.15) is 19.4 Å². The number of aryl methyl sites for hydroxylation is 1. The fourth-order valence-corrected chi connectivity index (χ4v) is 3.41. The van der Waals surface area contributed by atoms with Gasteiger partial charge in [0.2, 0.25) is 10.0 Å². The number of nitrogens with two attached hydrogens (primary N) is 1. The van der Waals surface area contributed by atoms with E-state index in [2.05, 4.69) is 34.7 Å². The number of likely N-dealkylation sites (N-methyl/N-ethyl adjacent to an activating group) is 1. The van der Waals surface area contributed by atoms with E-state index in [0.717, 1.165) is 25.2 Å². The molecule has 2 N–H and O–H groups in total. The van der Waals surface area contributed by atoms with Gasteiger partial charge in [0.1, 0.15) is 17.3 Å². The largest absolute Gasteiger partial charge is 0.491 e. The van der Waals surface area contributed by atoms with Crippen LogP contribution in [0.3, 0.4) is 0 Å². The van der Waals surface area contributed by atoms with E-state index in [1.165, 1.54) is 6.07 Å². The summed E-state index contributed by atoms with van der Waals surface area (Å²) in [7, 11) is -3.81. The van der Waals surface area contributed by atoms with E-state index in [-0.39, 0.29) is 4.90 Å². The van der Waals surface area contributed by atoms with E-state index in [0.29, 0.717) is 16.8 Å². The number of rotatable bonds is 7. The molecule has 0 radical (unpaired) electrons. The van der Waals surface area contributed by atoms with Gasteiger partial charge in [-0.15, -0.1) is 0 Å². The lowest BCUT2D eigenvalue weighted by Gasteiger charge is -2.19. The summed E-state index contributed by atoms with van der Waals surface area (Å²) in [5.41, 5.74) is 0.739. The van der Waals surface area contributed by atoms with Crippen molar-refractivity contribution in [2.75, 3.05) is 26.2 Å². The van der Waals surface area contributed by atoms with Crippen molar-refractivity contribution >= 4 is 26.0 Å². The zero-order chi connectivity index (χ0) is 15.3. The Balaban J connectivity index is 2.95. The summed E-state index contributed by atoms with van der Waals surface area (Å²) in [5, 5.41) is 5.24. The Morgan fingerprint density at radius 3 is 2.40 bits per heavy atom. The van der Waals surface area contributed by atoms with Crippen LogP contribution >= 0.6 is 15.9 Å². The summed E-state index contributed by atoms with van der Waals surface area (Å²) < 4.78 is 29.6. The van der Waals surface area contributed by atoms with E-state index < -0.39 is 10.0 Å². The third-order valence-corrected chi connectivity index (χ3v) is 4.43. The number of nitrogens with zero attached hydrogens (tertiary/aromatic N) is 1. The first-order valence-electron chi connectivity index (χ1n) is 6.47. The minimum atomic E-state index is -3.81. The molecule has 1 aromatic rings. The number of sulfonamides is 1. The van der Waals surface area contributed by atoms with Crippen molar-refractivity contribution in [1.29, 1.82) is 0 Å². The molecule has 0 spiro atoms. The zero-order valence-electron chi connectivity index (χ0n) is 12.0. The molecule has 20 heavy (non-hydrogen) atoms. The number of halogens is 1. The molecule has 0 amide bonds. The average molecular weight is 365 g/mol. The third-order valence-electron chi connectivity index (χ3n) is 3.06. The first-order valence-corrected chi connectivity index (χ1v) is 8.81. The maximum absolute atomic E-state index is 11.6. The van der Waals surface area contributed by atoms with Crippen molar-refractivity contribution in [3.05, 3.63) is 22.2 Å². The Labute approximate surface area is 129 Å². The van der Waals surface area contributed by atoms with Gasteiger partial charge in [-0.2, -0.15) is 0 Å². The second-order valence-corrected chi connectivity index (χ2v) is 6.92. The van der Waals surface area contributed by atoms with Crippen LogP contribution in [0.4, 0.5) is 0 Å². The fourth-order valence-electron chi connectivity index (χ4n) is 1.91. The average Bonchev–Trinajstić information content (AvgIpc) is 2.35. The molecule has 0 aliphatic heterocycles. The number of benzene rings is 1. The van der Waals surface area contributed by atoms with E-state index in [1.807, 2.05) is 0 Å². The predicted octanol–water partition coefficient (Wildman–Crippen LogP) is 2.13. The van der Waals surface area contributed by atoms with Gasteiger partial charge in [-0.25, -0.2) is 13.6 Å². The molecule has 0 saturated carbocycles. The molecule has 0 aromatic heterocycles. The third kappa shape index (κ3) is 4.73. The zero-order valence-corrected chi connectivity index (χ0v) is 14.4. The lowest BCUT2D eigenvalue weighted by Crippen LogP contribution is -2.28. The van der Waals surface area contributed by atoms with Crippen molar-refractivity contribution in [3.8, 4) is 5.75 Å². The van der Waals surface area contributed by atoms with Crippen molar-refractivity contribution < 1.29 is 13.2 Å². The van der Waals surface area contributed by atoms with Gasteiger partial charge in [-0.1, -0.05) is 29.8 Å². The summed E-state index contributed by atoms with van der Waals surface area (Å²) in [6.45, 7) is 8.97. The summed E-state index contributed by atoms with van der Waals surface area (Å²) in [5.74, 6) is 0.336. The molecule has 0 aliphatic rings. The van der Waals surface area contributed by atoms with E-state index >= 15 is 0 Å². The maximum atomic E-state index is 11.6. The van der Waals surface area contributed by atoms with Crippen molar-refractivity contribution in [1.82, 2.24) is 4.90 Å². The molecule has 0 unspecified atom stereocenters. The van der Waals surface area contributed by atoms with Gasteiger partial charge in [0.25, 0.3) is 0 Å². The molecule has 1 aromatic carbocycles. The topological polar surface area (TPSA) is 72.6 Å². The summed E-state index contributed by atoms with van der Waals surface area (Å²) in [6, 6.07) is 3.27. The maximum Gasteiger partial charge on any atom is 0.241 e. The highest BCUT2D eigenvalue weighted by atomic mass is 79.9. The highest BCUT2D eigenvalue weighted by Crippen LogP contribution is 2.30. The number of ether oxygens (including phenoxy) is 1. The second kappa shape index (κ2) is 7.40. The van der Waals surface area contributed by atoms with E-state index in [1.54, 1.807) is 13.0 Å². The minimum Gasteiger partial charge on any atom is -0.491 e. The summed E-state index contributed by atoms with van der Waals surface area (Å²) in [4.78, 5) is 2.22. The smallest absolute Gasteiger partial charge is 0.241 e. The molecule has 0 atom stereocenters. The van der Waals surface area contributed by atoms with Gasteiger partial charge in [-0.3, -0.25) is 0 Å². The normalized spacial score (nSPS) is 11.9. The van der Waals surface area contributed by atoms with Crippen LogP contribution in [0, 0.1) is 6.92 Å². The molecule has 7 heteroatoms. The molecular formula is C13H21BrN2O3S. The van der Waals surface area contributed by atoms with Crippen molar-refractivity contribution in [3.63, 3.8) is 0 Å².